The molecular weight excluding hydrogens is 422 g/mol. The first-order valence-corrected chi connectivity index (χ1v) is 11.7. The quantitative estimate of drug-likeness (QED) is 0.368. The van der Waals surface area contributed by atoms with Crippen LogP contribution in [-0.4, -0.2) is 44.4 Å². The summed E-state index contributed by atoms with van der Waals surface area (Å²) in [6.07, 6.45) is 6.11. The minimum absolute atomic E-state index is 0.204. The summed E-state index contributed by atoms with van der Waals surface area (Å²) < 4.78 is 15.3. The van der Waals surface area contributed by atoms with Crippen LogP contribution in [0.25, 0.3) is 17.1 Å². The SMILES string of the molecule is COc1ccc(-c2nnc(SCc3ccc(-n4cccn4)cc3)n2C[C@H]2CCCO2)cc1. The van der Waals surface area contributed by atoms with Crippen LogP contribution in [0, 0.1) is 0 Å². The smallest absolute Gasteiger partial charge is 0.191 e. The molecule has 0 aliphatic carbocycles. The zero-order valence-electron chi connectivity index (χ0n) is 17.9. The molecule has 1 saturated heterocycles. The number of rotatable bonds is 8. The normalized spacial score (nSPS) is 15.8. The molecule has 8 heteroatoms. The van der Waals surface area contributed by atoms with Gasteiger partial charge in [0.1, 0.15) is 5.75 Å². The molecule has 4 aromatic rings. The molecule has 1 fully saturated rings. The topological polar surface area (TPSA) is 67.0 Å². The summed E-state index contributed by atoms with van der Waals surface area (Å²) in [5.74, 6) is 2.50. The van der Waals surface area contributed by atoms with Crippen molar-refractivity contribution in [3.05, 3.63) is 72.6 Å². The van der Waals surface area contributed by atoms with Gasteiger partial charge in [0.15, 0.2) is 11.0 Å². The minimum atomic E-state index is 0.204. The Kier molecular flexibility index (Phi) is 6.22. The van der Waals surface area contributed by atoms with Crippen molar-refractivity contribution in [3.8, 4) is 22.8 Å². The highest BCUT2D eigenvalue weighted by atomic mass is 32.2. The van der Waals surface area contributed by atoms with Gasteiger partial charge in [0.05, 0.1) is 25.4 Å². The third-order valence-corrected chi connectivity index (χ3v) is 6.59. The van der Waals surface area contributed by atoms with E-state index in [1.807, 2.05) is 41.2 Å². The van der Waals surface area contributed by atoms with Crippen LogP contribution >= 0.6 is 11.8 Å². The zero-order valence-corrected chi connectivity index (χ0v) is 18.7. The van der Waals surface area contributed by atoms with Crippen molar-refractivity contribution in [1.29, 1.82) is 0 Å². The van der Waals surface area contributed by atoms with Gasteiger partial charge in [-0.05, 0) is 60.9 Å². The Morgan fingerprint density at radius 2 is 1.94 bits per heavy atom. The van der Waals surface area contributed by atoms with Gasteiger partial charge in [0.2, 0.25) is 0 Å². The monoisotopic (exact) mass is 447 g/mol. The number of hydrogen-bond donors (Lipinski definition) is 0. The van der Waals surface area contributed by atoms with Gasteiger partial charge in [-0.25, -0.2) is 4.68 Å². The Balaban J connectivity index is 1.35. The van der Waals surface area contributed by atoms with Gasteiger partial charge < -0.3 is 9.47 Å². The van der Waals surface area contributed by atoms with Crippen LogP contribution in [0.2, 0.25) is 0 Å². The van der Waals surface area contributed by atoms with E-state index in [9.17, 15) is 0 Å². The highest BCUT2D eigenvalue weighted by Crippen LogP contribution is 2.29. The third-order valence-electron chi connectivity index (χ3n) is 5.55. The van der Waals surface area contributed by atoms with Crippen LogP contribution in [0.5, 0.6) is 5.75 Å². The number of methoxy groups -OCH3 is 1. The molecule has 1 aliphatic rings. The Bertz CT molecular complexity index is 1130. The lowest BCUT2D eigenvalue weighted by Gasteiger charge is -2.15. The molecule has 1 aliphatic heterocycles. The van der Waals surface area contributed by atoms with Crippen LogP contribution in [0.1, 0.15) is 18.4 Å². The molecule has 0 bridgehead atoms. The lowest BCUT2D eigenvalue weighted by atomic mass is 10.2. The molecule has 2 aromatic heterocycles. The van der Waals surface area contributed by atoms with Crippen LogP contribution in [0.15, 0.2) is 72.1 Å². The Morgan fingerprint density at radius 3 is 2.62 bits per heavy atom. The van der Waals surface area contributed by atoms with Gasteiger partial charge in [-0.15, -0.1) is 10.2 Å². The maximum Gasteiger partial charge on any atom is 0.191 e. The first-order valence-electron chi connectivity index (χ1n) is 10.7. The van der Waals surface area contributed by atoms with E-state index >= 15 is 0 Å². The highest BCUT2D eigenvalue weighted by molar-refractivity contribution is 7.98. The average Bonchev–Trinajstić information content (AvgIpc) is 3.61. The van der Waals surface area contributed by atoms with Crippen molar-refractivity contribution in [2.75, 3.05) is 13.7 Å². The van der Waals surface area contributed by atoms with Crippen molar-refractivity contribution in [1.82, 2.24) is 24.5 Å². The second-order valence-corrected chi connectivity index (χ2v) is 8.63. The maximum absolute atomic E-state index is 5.91. The molecule has 32 heavy (non-hydrogen) atoms. The van der Waals surface area contributed by atoms with Crippen molar-refractivity contribution in [2.45, 2.75) is 36.4 Å². The first-order chi connectivity index (χ1) is 15.8. The summed E-state index contributed by atoms with van der Waals surface area (Å²) in [6.45, 7) is 1.59. The van der Waals surface area contributed by atoms with E-state index in [0.717, 1.165) is 59.7 Å². The van der Waals surface area contributed by atoms with Gasteiger partial charge in [0, 0.05) is 30.3 Å². The molecule has 1 atom stereocenters. The fraction of sp³-hybridized carbons (Fsp3) is 0.292. The Hall–Kier alpha value is -3.10. The maximum atomic E-state index is 5.91. The second-order valence-electron chi connectivity index (χ2n) is 7.69. The van der Waals surface area contributed by atoms with E-state index < -0.39 is 0 Å². The number of benzene rings is 2. The van der Waals surface area contributed by atoms with E-state index in [2.05, 4.69) is 44.1 Å². The standard InChI is InChI=1S/C24H25N5O2S/c1-30-21-11-7-19(8-12-21)23-26-27-24(28(23)16-22-4-2-15-31-22)32-17-18-5-9-20(10-6-18)29-14-3-13-25-29/h3,5-14,22H,2,4,15-17H2,1H3/t22-/m1/s1. The predicted molar refractivity (Wildman–Crippen MR) is 124 cm³/mol. The zero-order chi connectivity index (χ0) is 21.8. The molecular formula is C24H25N5O2S. The van der Waals surface area contributed by atoms with E-state index in [0.29, 0.717) is 0 Å². The largest absolute Gasteiger partial charge is 0.497 e. The van der Waals surface area contributed by atoms with Crippen LogP contribution in [0.4, 0.5) is 0 Å². The molecule has 3 heterocycles. The van der Waals surface area contributed by atoms with Gasteiger partial charge in [0.25, 0.3) is 0 Å². The number of aromatic nitrogens is 5. The lowest BCUT2D eigenvalue weighted by Crippen LogP contribution is -2.16. The lowest BCUT2D eigenvalue weighted by molar-refractivity contribution is 0.0953. The number of thioether (sulfide) groups is 1. The highest BCUT2D eigenvalue weighted by Gasteiger charge is 2.22. The molecule has 0 unspecified atom stereocenters. The second kappa shape index (κ2) is 9.58. The van der Waals surface area contributed by atoms with Crippen LogP contribution in [0.3, 0.4) is 0 Å². The van der Waals surface area contributed by atoms with E-state index in [-0.39, 0.29) is 6.10 Å². The molecule has 7 nitrogen and oxygen atoms in total. The number of nitrogens with zero attached hydrogens (tertiary/aromatic N) is 5. The van der Waals surface area contributed by atoms with Crippen molar-refractivity contribution in [2.24, 2.45) is 0 Å². The number of hydrogen-bond acceptors (Lipinski definition) is 6. The summed E-state index contributed by atoms with van der Waals surface area (Å²) in [5, 5.41) is 14.2. The van der Waals surface area contributed by atoms with Gasteiger partial charge >= 0.3 is 0 Å². The first kappa shape index (κ1) is 20.8. The van der Waals surface area contributed by atoms with Gasteiger partial charge in [-0.1, -0.05) is 23.9 Å². The molecule has 164 valence electrons. The Morgan fingerprint density at radius 1 is 1.09 bits per heavy atom. The molecule has 0 N–H and O–H groups in total. The fourth-order valence-electron chi connectivity index (χ4n) is 3.82. The van der Waals surface area contributed by atoms with Crippen molar-refractivity contribution in [3.63, 3.8) is 0 Å². The van der Waals surface area contributed by atoms with Crippen LogP contribution in [-0.2, 0) is 17.0 Å². The number of ether oxygens (including phenoxy) is 2. The molecule has 2 aromatic carbocycles. The van der Waals surface area contributed by atoms with Crippen LogP contribution < -0.4 is 4.74 Å². The summed E-state index contributed by atoms with van der Waals surface area (Å²) in [6, 6.07) is 18.3. The van der Waals surface area contributed by atoms with Gasteiger partial charge in [-0.3, -0.25) is 4.57 Å². The van der Waals surface area contributed by atoms with E-state index in [4.69, 9.17) is 9.47 Å². The third kappa shape index (κ3) is 4.56. The van der Waals surface area contributed by atoms with E-state index in [1.165, 1.54) is 5.56 Å². The summed E-state index contributed by atoms with van der Waals surface area (Å²) in [5.41, 5.74) is 3.29. The predicted octanol–water partition coefficient (Wildman–Crippen LogP) is 4.61. The average molecular weight is 448 g/mol. The molecule has 0 spiro atoms. The summed E-state index contributed by atoms with van der Waals surface area (Å²) in [4.78, 5) is 0. The van der Waals surface area contributed by atoms with Gasteiger partial charge in [-0.2, -0.15) is 5.10 Å². The van der Waals surface area contributed by atoms with E-state index in [1.54, 1.807) is 25.1 Å². The molecule has 0 amide bonds. The minimum Gasteiger partial charge on any atom is -0.497 e. The summed E-state index contributed by atoms with van der Waals surface area (Å²) in [7, 11) is 1.67. The summed E-state index contributed by atoms with van der Waals surface area (Å²) >= 11 is 1.70. The van der Waals surface area contributed by atoms with Crippen molar-refractivity contribution < 1.29 is 9.47 Å². The Labute approximate surface area is 191 Å². The molecule has 0 radical (unpaired) electrons. The van der Waals surface area contributed by atoms with Crippen molar-refractivity contribution >= 4 is 11.8 Å². The molecule has 5 rings (SSSR count). The fourth-order valence-corrected chi connectivity index (χ4v) is 4.72. The molecule has 0 saturated carbocycles.